The van der Waals surface area contributed by atoms with Gasteiger partial charge in [-0.05, 0) is 77.0 Å². The van der Waals surface area contributed by atoms with Crippen LogP contribution in [0.5, 0.6) is 0 Å². The highest BCUT2D eigenvalue weighted by Gasteiger charge is 2.25. The van der Waals surface area contributed by atoms with Crippen LogP contribution in [0.25, 0.3) is 0 Å². The van der Waals surface area contributed by atoms with Crippen LogP contribution in [0.2, 0.25) is 0 Å². The van der Waals surface area contributed by atoms with Gasteiger partial charge < -0.3 is 20.1 Å². The Morgan fingerprint density at radius 2 is 0.855 bits per heavy atom. The monoisotopic (exact) mass is 894 g/mol. The number of esters is 1. The van der Waals surface area contributed by atoms with Gasteiger partial charge in [0.15, 0.2) is 0 Å². The number of phosphoric acid groups is 1. The molecule has 62 heavy (non-hydrogen) atoms. The Morgan fingerprint density at radius 3 is 1.29 bits per heavy atom. The summed E-state index contributed by atoms with van der Waals surface area (Å²) in [5, 5.41) is 0. The number of hydrogen-bond acceptors (Lipinski definition) is 7. The molecule has 2 atom stereocenters. The third-order valence-electron chi connectivity index (χ3n) is 11.2. The molecule has 0 saturated heterocycles. The van der Waals surface area contributed by atoms with E-state index in [2.05, 4.69) is 62.5 Å². The number of carbonyl (C=O) groups is 1. The standard InChI is InChI=1S/C53H100NO7P/c1-3-5-7-9-11-13-15-17-19-21-22-23-24-25-26-27-28-29-31-33-35-37-39-41-43-45-48-58-50-52(51-60-62(56,57)59-49-47-54)61-53(55)46-44-42-40-38-36-34-32-30-20-18-16-14-12-10-8-6-4-2/h12,14-15,17-18,20-22,52H,3-11,13,16,19,23-51,54H2,1-2H3,(H,56,57)/b14-12-,17-15-,20-18-,22-21-. The third kappa shape index (κ3) is 49.5. The summed E-state index contributed by atoms with van der Waals surface area (Å²) in [6.45, 7) is 4.90. The molecular weight excluding hydrogens is 794 g/mol. The van der Waals surface area contributed by atoms with Crippen LogP contribution in [0.3, 0.4) is 0 Å². The molecule has 0 rings (SSSR count). The lowest BCUT2D eigenvalue weighted by atomic mass is 10.0. The summed E-state index contributed by atoms with van der Waals surface area (Å²) in [4.78, 5) is 22.6. The second-order valence-corrected chi connectivity index (χ2v) is 18.8. The second kappa shape index (κ2) is 50.5. The molecule has 0 aliphatic heterocycles. The van der Waals surface area contributed by atoms with Crippen molar-refractivity contribution in [1.82, 2.24) is 0 Å². The van der Waals surface area contributed by atoms with Crippen molar-refractivity contribution in [1.29, 1.82) is 0 Å². The summed E-state index contributed by atoms with van der Waals surface area (Å²) in [6.07, 6.45) is 61.5. The number of ether oxygens (including phenoxy) is 2. The Morgan fingerprint density at radius 1 is 0.484 bits per heavy atom. The smallest absolute Gasteiger partial charge is 0.457 e. The number of allylic oxidation sites excluding steroid dienone is 8. The number of unbranched alkanes of at least 4 members (excludes halogenated alkanes) is 29. The molecule has 8 nitrogen and oxygen atoms in total. The van der Waals surface area contributed by atoms with Crippen LogP contribution < -0.4 is 5.73 Å². The normalized spacial score (nSPS) is 13.7. The Hall–Kier alpha value is -1.54. The molecule has 0 amide bonds. The van der Waals surface area contributed by atoms with E-state index in [1.807, 2.05) is 0 Å². The van der Waals surface area contributed by atoms with Crippen molar-refractivity contribution >= 4 is 13.8 Å². The zero-order chi connectivity index (χ0) is 45.1. The first-order chi connectivity index (χ1) is 30.4. The summed E-state index contributed by atoms with van der Waals surface area (Å²) in [5.41, 5.74) is 5.39. The van der Waals surface area contributed by atoms with Crippen molar-refractivity contribution in [2.75, 3.05) is 33.0 Å². The van der Waals surface area contributed by atoms with Gasteiger partial charge in [-0.3, -0.25) is 13.8 Å². The molecule has 0 aliphatic carbocycles. The Kier molecular flexibility index (Phi) is 49.2. The van der Waals surface area contributed by atoms with E-state index in [4.69, 9.17) is 24.3 Å². The highest BCUT2D eigenvalue weighted by atomic mass is 31.2. The molecule has 0 aromatic heterocycles. The zero-order valence-corrected chi connectivity index (χ0v) is 41.5. The lowest BCUT2D eigenvalue weighted by Gasteiger charge is -2.20. The number of hydrogen-bond donors (Lipinski definition) is 2. The van der Waals surface area contributed by atoms with Crippen LogP contribution in [-0.4, -0.2) is 49.9 Å². The molecule has 0 aromatic rings. The number of carbonyl (C=O) groups excluding carboxylic acids is 1. The minimum Gasteiger partial charge on any atom is -0.457 e. The van der Waals surface area contributed by atoms with Crippen molar-refractivity contribution in [2.45, 2.75) is 251 Å². The summed E-state index contributed by atoms with van der Waals surface area (Å²) in [7, 11) is -4.28. The fourth-order valence-corrected chi connectivity index (χ4v) is 8.12. The predicted octanol–water partition coefficient (Wildman–Crippen LogP) is 16.3. The minimum absolute atomic E-state index is 0.0975. The van der Waals surface area contributed by atoms with Gasteiger partial charge in [0.2, 0.25) is 0 Å². The van der Waals surface area contributed by atoms with Crippen LogP contribution in [-0.2, 0) is 27.9 Å². The first kappa shape index (κ1) is 60.5. The molecule has 2 unspecified atom stereocenters. The molecule has 9 heteroatoms. The number of phosphoric ester groups is 1. The van der Waals surface area contributed by atoms with E-state index in [-0.39, 0.29) is 32.3 Å². The molecule has 0 bridgehead atoms. The van der Waals surface area contributed by atoms with Gasteiger partial charge in [0, 0.05) is 19.6 Å². The van der Waals surface area contributed by atoms with E-state index < -0.39 is 13.9 Å². The Balaban J connectivity index is 3.90. The maximum atomic E-state index is 12.6. The van der Waals surface area contributed by atoms with Crippen molar-refractivity contribution in [3.63, 3.8) is 0 Å². The van der Waals surface area contributed by atoms with Crippen molar-refractivity contribution < 1.29 is 32.8 Å². The molecule has 3 N–H and O–H groups in total. The number of rotatable bonds is 50. The largest absolute Gasteiger partial charge is 0.472 e. The van der Waals surface area contributed by atoms with Gasteiger partial charge >= 0.3 is 13.8 Å². The molecule has 0 heterocycles. The molecule has 0 saturated carbocycles. The first-order valence-electron chi connectivity index (χ1n) is 26.1. The van der Waals surface area contributed by atoms with Crippen LogP contribution in [0.1, 0.15) is 245 Å². The van der Waals surface area contributed by atoms with Gasteiger partial charge in [0.25, 0.3) is 0 Å². The van der Waals surface area contributed by atoms with E-state index in [1.54, 1.807) is 0 Å². The van der Waals surface area contributed by atoms with E-state index in [9.17, 15) is 14.3 Å². The van der Waals surface area contributed by atoms with E-state index >= 15 is 0 Å². The molecule has 364 valence electrons. The average molecular weight is 894 g/mol. The summed E-state index contributed by atoms with van der Waals surface area (Å²) < 4.78 is 33.6. The Labute approximate surface area is 383 Å². The summed E-state index contributed by atoms with van der Waals surface area (Å²) >= 11 is 0. The molecule has 0 fully saturated rings. The van der Waals surface area contributed by atoms with E-state index in [1.165, 1.54) is 173 Å². The molecule has 0 aromatic carbocycles. The van der Waals surface area contributed by atoms with Crippen LogP contribution in [0, 0.1) is 0 Å². The van der Waals surface area contributed by atoms with Gasteiger partial charge in [-0.25, -0.2) is 4.57 Å². The predicted molar refractivity (Wildman–Crippen MR) is 266 cm³/mol. The van der Waals surface area contributed by atoms with Gasteiger partial charge in [0.1, 0.15) is 6.10 Å². The SMILES string of the molecule is CCCCC/C=C\C/C=C\CCCCCCCCCC(=O)OC(COCCCCCCCCCCCCCCCC/C=C\C/C=C\CCCCCCC)COP(=O)(O)OCCN. The minimum atomic E-state index is -4.28. The zero-order valence-electron chi connectivity index (χ0n) is 40.6. The molecule has 0 radical (unpaired) electrons. The number of nitrogens with two attached hydrogens (primary N) is 1. The molecule has 0 spiro atoms. The molecular formula is C53H100NO7P. The maximum absolute atomic E-state index is 12.6. The lowest BCUT2D eigenvalue weighted by Crippen LogP contribution is -2.28. The summed E-state index contributed by atoms with van der Waals surface area (Å²) in [5.74, 6) is -0.336. The van der Waals surface area contributed by atoms with Crippen LogP contribution in [0.15, 0.2) is 48.6 Å². The van der Waals surface area contributed by atoms with Crippen molar-refractivity contribution in [3.05, 3.63) is 48.6 Å². The van der Waals surface area contributed by atoms with E-state index in [0.717, 1.165) is 51.4 Å². The quantitative estimate of drug-likeness (QED) is 0.0268. The second-order valence-electron chi connectivity index (χ2n) is 17.4. The van der Waals surface area contributed by atoms with Crippen molar-refractivity contribution in [2.24, 2.45) is 5.73 Å². The van der Waals surface area contributed by atoms with Gasteiger partial charge in [0.05, 0.1) is 19.8 Å². The Bertz CT molecular complexity index is 1090. The van der Waals surface area contributed by atoms with Crippen LogP contribution >= 0.6 is 7.82 Å². The van der Waals surface area contributed by atoms with Gasteiger partial charge in [-0.15, -0.1) is 0 Å². The first-order valence-corrected chi connectivity index (χ1v) is 27.6. The fraction of sp³-hybridized carbons (Fsp3) is 0.830. The highest BCUT2D eigenvalue weighted by Crippen LogP contribution is 2.43. The average Bonchev–Trinajstić information content (AvgIpc) is 3.26. The topological polar surface area (TPSA) is 117 Å². The van der Waals surface area contributed by atoms with Gasteiger partial charge in [-0.1, -0.05) is 210 Å². The maximum Gasteiger partial charge on any atom is 0.472 e. The van der Waals surface area contributed by atoms with Gasteiger partial charge in [-0.2, -0.15) is 0 Å². The summed E-state index contributed by atoms with van der Waals surface area (Å²) in [6, 6.07) is 0. The van der Waals surface area contributed by atoms with Crippen LogP contribution in [0.4, 0.5) is 0 Å². The third-order valence-corrected chi connectivity index (χ3v) is 12.2. The lowest BCUT2D eigenvalue weighted by molar-refractivity contribution is -0.154. The van der Waals surface area contributed by atoms with Crippen molar-refractivity contribution in [3.8, 4) is 0 Å². The molecule has 0 aliphatic rings. The fourth-order valence-electron chi connectivity index (χ4n) is 7.35. The van der Waals surface area contributed by atoms with E-state index in [0.29, 0.717) is 13.0 Å². The highest BCUT2D eigenvalue weighted by molar-refractivity contribution is 7.47.